The van der Waals surface area contributed by atoms with Crippen molar-refractivity contribution in [2.75, 3.05) is 25.1 Å². The number of nitrogens with one attached hydrogen (secondary N) is 1. The molecule has 0 spiro atoms. The van der Waals surface area contributed by atoms with Crippen LogP contribution in [-0.2, 0) is 4.74 Å². The Balaban J connectivity index is 1.85. The second kappa shape index (κ2) is 6.53. The molecule has 1 atom stereocenters. The van der Waals surface area contributed by atoms with Gasteiger partial charge >= 0.3 is 0 Å². The first-order chi connectivity index (χ1) is 9.86. The maximum absolute atomic E-state index is 5.50. The molecule has 0 amide bonds. The summed E-state index contributed by atoms with van der Waals surface area (Å²) in [6, 6.07) is 2.17. The van der Waals surface area contributed by atoms with Crippen molar-refractivity contribution in [1.29, 1.82) is 0 Å². The van der Waals surface area contributed by atoms with E-state index < -0.39 is 0 Å². The van der Waals surface area contributed by atoms with Gasteiger partial charge in [0.1, 0.15) is 11.6 Å². The van der Waals surface area contributed by atoms with Crippen LogP contribution in [0.3, 0.4) is 0 Å². The maximum Gasteiger partial charge on any atom is 0.136 e. The predicted octanol–water partition coefficient (Wildman–Crippen LogP) is 3.46. The van der Waals surface area contributed by atoms with Gasteiger partial charge in [0, 0.05) is 36.7 Å². The molecular formula is C16H25N3O. The summed E-state index contributed by atoms with van der Waals surface area (Å²) in [5, 5.41) is 3.43. The zero-order valence-corrected chi connectivity index (χ0v) is 12.4. The summed E-state index contributed by atoms with van der Waals surface area (Å²) in [5.41, 5.74) is 1.25. The average Bonchev–Trinajstić information content (AvgIpc) is 3.17. The molecule has 0 bridgehead atoms. The first kappa shape index (κ1) is 13.8. The van der Waals surface area contributed by atoms with Gasteiger partial charge in [0.2, 0.25) is 0 Å². The number of rotatable bonds is 5. The molecule has 1 aromatic rings. The highest BCUT2D eigenvalue weighted by atomic mass is 16.5. The van der Waals surface area contributed by atoms with E-state index in [0.717, 1.165) is 44.2 Å². The van der Waals surface area contributed by atoms with E-state index >= 15 is 0 Å². The van der Waals surface area contributed by atoms with Crippen LogP contribution >= 0.6 is 0 Å². The lowest BCUT2D eigenvalue weighted by atomic mass is 10.0. The van der Waals surface area contributed by atoms with E-state index in [0.29, 0.717) is 11.8 Å². The summed E-state index contributed by atoms with van der Waals surface area (Å²) < 4.78 is 5.50. The number of hydrogen-bond donors (Lipinski definition) is 1. The Morgan fingerprint density at radius 3 is 2.75 bits per heavy atom. The number of nitrogens with zero attached hydrogens (tertiary/aromatic N) is 2. The molecule has 1 saturated heterocycles. The summed E-state index contributed by atoms with van der Waals surface area (Å²) in [6.07, 6.45) is 7.42. The van der Waals surface area contributed by atoms with E-state index in [2.05, 4.69) is 18.3 Å². The molecular weight excluding hydrogens is 250 g/mol. The minimum atomic E-state index is 0.388. The summed E-state index contributed by atoms with van der Waals surface area (Å²) in [6.45, 7) is 4.78. The summed E-state index contributed by atoms with van der Waals surface area (Å²) in [4.78, 5) is 9.60. The quantitative estimate of drug-likeness (QED) is 0.894. The highest BCUT2D eigenvalue weighted by Gasteiger charge is 2.24. The van der Waals surface area contributed by atoms with Gasteiger partial charge < -0.3 is 10.1 Å². The number of ether oxygens (including phenoxy) is 1. The zero-order chi connectivity index (χ0) is 13.8. The Morgan fingerprint density at radius 2 is 2.05 bits per heavy atom. The van der Waals surface area contributed by atoms with Crippen molar-refractivity contribution in [1.82, 2.24) is 9.97 Å². The molecule has 1 unspecified atom stereocenters. The monoisotopic (exact) mass is 275 g/mol. The lowest BCUT2D eigenvalue weighted by Crippen LogP contribution is -2.12. The molecule has 2 aliphatic rings. The van der Waals surface area contributed by atoms with E-state index in [1.54, 1.807) is 0 Å². The van der Waals surface area contributed by atoms with Gasteiger partial charge in [0.15, 0.2) is 0 Å². The van der Waals surface area contributed by atoms with Gasteiger partial charge in [-0.2, -0.15) is 0 Å². The van der Waals surface area contributed by atoms with E-state index in [-0.39, 0.29) is 0 Å². The van der Waals surface area contributed by atoms with Crippen LogP contribution < -0.4 is 5.32 Å². The van der Waals surface area contributed by atoms with E-state index in [4.69, 9.17) is 14.7 Å². The van der Waals surface area contributed by atoms with Crippen LogP contribution in [0.15, 0.2) is 6.07 Å². The molecule has 1 aliphatic carbocycles. The van der Waals surface area contributed by atoms with Gasteiger partial charge in [-0.15, -0.1) is 0 Å². The molecule has 3 rings (SSSR count). The highest BCUT2D eigenvalue weighted by molar-refractivity contribution is 5.38. The smallest absolute Gasteiger partial charge is 0.136 e. The molecule has 4 nitrogen and oxygen atoms in total. The molecule has 2 fully saturated rings. The van der Waals surface area contributed by atoms with Crippen LogP contribution in [0.5, 0.6) is 0 Å². The van der Waals surface area contributed by atoms with Gasteiger partial charge in [0.25, 0.3) is 0 Å². The van der Waals surface area contributed by atoms with Crippen molar-refractivity contribution < 1.29 is 4.74 Å². The first-order valence-electron chi connectivity index (χ1n) is 8.07. The number of aromatic nitrogens is 2. The van der Waals surface area contributed by atoms with E-state index in [1.165, 1.54) is 31.4 Å². The van der Waals surface area contributed by atoms with Crippen LogP contribution in [0.25, 0.3) is 0 Å². The third kappa shape index (κ3) is 3.11. The fourth-order valence-electron chi connectivity index (χ4n) is 3.18. The molecule has 4 heteroatoms. The minimum Gasteiger partial charge on any atom is -0.381 e. The Labute approximate surface area is 121 Å². The topological polar surface area (TPSA) is 47.0 Å². The van der Waals surface area contributed by atoms with Gasteiger partial charge in [-0.1, -0.05) is 19.8 Å². The summed E-state index contributed by atoms with van der Waals surface area (Å²) >= 11 is 0. The normalized spacial score (nSPS) is 23.4. The van der Waals surface area contributed by atoms with Crippen molar-refractivity contribution in [3.8, 4) is 0 Å². The Kier molecular flexibility index (Phi) is 4.51. The number of anilines is 1. The van der Waals surface area contributed by atoms with Crippen LogP contribution in [0.2, 0.25) is 0 Å². The van der Waals surface area contributed by atoms with Crippen LogP contribution in [0.4, 0.5) is 5.82 Å². The van der Waals surface area contributed by atoms with E-state index in [1.807, 2.05) is 0 Å². The van der Waals surface area contributed by atoms with Gasteiger partial charge in [0.05, 0.1) is 6.61 Å². The first-order valence-corrected chi connectivity index (χ1v) is 8.07. The Bertz CT molecular complexity index is 403. The lowest BCUT2D eigenvalue weighted by molar-refractivity contribution is 0.193. The second-order valence-electron chi connectivity index (χ2n) is 6.00. The molecule has 1 aromatic heterocycles. The van der Waals surface area contributed by atoms with Crippen molar-refractivity contribution in [3.63, 3.8) is 0 Å². The SMILES string of the molecule is CCCNc1cc(C2CCCC2)nc(C2CCOC2)n1. The third-order valence-corrected chi connectivity index (χ3v) is 4.39. The predicted molar refractivity (Wildman–Crippen MR) is 80.2 cm³/mol. The largest absolute Gasteiger partial charge is 0.381 e. The third-order valence-electron chi connectivity index (χ3n) is 4.39. The van der Waals surface area contributed by atoms with Crippen molar-refractivity contribution in [2.24, 2.45) is 0 Å². The van der Waals surface area contributed by atoms with Crippen LogP contribution in [-0.4, -0.2) is 29.7 Å². The maximum atomic E-state index is 5.50. The summed E-state index contributed by atoms with van der Waals surface area (Å²) in [7, 11) is 0. The van der Waals surface area contributed by atoms with Crippen molar-refractivity contribution >= 4 is 5.82 Å². The van der Waals surface area contributed by atoms with Gasteiger partial charge in [-0.05, 0) is 25.7 Å². The fraction of sp³-hybridized carbons (Fsp3) is 0.750. The molecule has 0 aromatic carbocycles. The van der Waals surface area contributed by atoms with Crippen molar-refractivity contribution in [3.05, 3.63) is 17.6 Å². The average molecular weight is 275 g/mol. The standard InChI is InChI=1S/C16H25N3O/c1-2-8-17-15-10-14(12-5-3-4-6-12)18-16(19-15)13-7-9-20-11-13/h10,12-13H,2-9,11H2,1H3,(H,17,18,19). The lowest BCUT2D eigenvalue weighted by Gasteiger charge is -2.15. The fourth-order valence-corrected chi connectivity index (χ4v) is 3.18. The second-order valence-corrected chi connectivity index (χ2v) is 6.00. The molecule has 1 N–H and O–H groups in total. The van der Waals surface area contributed by atoms with Crippen molar-refractivity contribution in [2.45, 2.75) is 57.3 Å². The molecule has 110 valence electrons. The van der Waals surface area contributed by atoms with Crippen LogP contribution in [0.1, 0.15) is 68.8 Å². The molecule has 0 radical (unpaired) electrons. The zero-order valence-electron chi connectivity index (χ0n) is 12.4. The van der Waals surface area contributed by atoms with E-state index in [9.17, 15) is 0 Å². The van der Waals surface area contributed by atoms with Gasteiger partial charge in [-0.3, -0.25) is 0 Å². The Hall–Kier alpha value is -1.16. The molecule has 20 heavy (non-hydrogen) atoms. The summed E-state index contributed by atoms with van der Waals surface area (Å²) in [5.74, 6) is 3.02. The van der Waals surface area contributed by atoms with Crippen LogP contribution in [0, 0.1) is 0 Å². The molecule has 1 aliphatic heterocycles. The Morgan fingerprint density at radius 1 is 1.20 bits per heavy atom. The number of hydrogen-bond acceptors (Lipinski definition) is 4. The minimum absolute atomic E-state index is 0.388. The molecule has 2 heterocycles. The van der Waals surface area contributed by atoms with Gasteiger partial charge in [-0.25, -0.2) is 9.97 Å². The molecule has 1 saturated carbocycles. The highest BCUT2D eigenvalue weighted by Crippen LogP contribution is 2.35.